The summed E-state index contributed by atoms with van der Waals surface area (Å²) in [5.41, 5.74) is 6.34. The number of piperidine rings is 1. The lowest BCUT2D eigenvalue weighted by molar-refractivity contribution is -0.133. The summed E-state index contributed by atoms with van der Waals surface area (Å²) in [6, 6.07) is 4.08. The molecule has 1 aliphatic rings. The predicted molar refractivity (Wildman–Crippen MR) is 113 cm³/mol. The third-order valence-corrected chi connectivity index (χ3v) is 6.04. The van der Waals surface area contributed by atoms with Crippen LogP contribution in [-0.2, 0) is 16.0 Å². The summed E-state index contributed by atoms with van der Waals surface area (Å²) >= 11 is 3.28. The fourth-order valence-corrected chi connectivity index (χ4v) is 4.41. The van der Waals surface area contributed by atoms with Crippen molar-refractivity contribution in [3.63, 3.8) is 0 Å². The minimum Gasteiger partial charge on any atom is -0.378 e. The van der Waals surface area contributed by atoms with E-state index in [0.29, 0.717) is 13.0 Å². The van der Waals surface area contributed by atoms with E-state index in [9.17, 15) is 4.79 Å². The lowest BCUT2D eigenvalue weighted by Crippen LogP contribution is -2.41. The number of hydrogen-bond donors (Lipinski definition) is 1. The van der Waals surface area contributed by atoms with Gasteiger partial charge in [0.05, 0.1) is 23.1 Å². The zero-order valence-electron chi connectivity index (χ0n) is 14.5. The molecule has 0 unspecified atom stereocenters. The van der Waals surface area contributed by atoms with Crippen LogP contribution in [-0.4, -0.2) is 48.1 Å². The number of carbonyl (C=O) groups is 1. The smallest absolute Gasteiger partial charge is 0.228 e. The number of ether oxygens (including phenoxy) is 1. The molecule has 2 aromatic heterocycles. The lowest BCUT2D eigenvalue weighted by atomic mass is 10.1. The molecule has 5 nitrogen and oxygen atoms in total. The Hall–Kier alpha value is -0.700. The van der Waals surface area contributed by atoms with Crippen molar-refractivity contribution in [3.05, 3.63) is 28.6 Å². The van der Waals surface area contributed by atoms with Crippen LogP contribution in [0.2, 0.25) is 0 Å². The summed E-state index contributed by atoms with van der Waals surface area (Å²) in [7, 11) is 0. The highest BCUT2D eigenvalue weighted by atomic mass is 35.5. The highest BCUT2D eigenvalue weighted by Gasteiger charge is 2.23. The number of rotatable bonds is 7. The topological polar surface area (TPSA) is 68.5 Å². The number of carbonyl (C=O) groups excluding carboxylic acids is 1. The van der Waals surface area contributed by atoms with Crippen molar-refractivity contribution in [1.82, 2.24) is 9.88 Å². The first kappa shape index (κ1) is 23.3. The molecule has 0 spiro atoms. The van der Waals surface area contributed by atoms with Gasteiger partial charge >= 0.3 is 0 Å². The minimum atomic E-state index is 0. The van der Waals surface area contributed by atoms with Gasteiger partial charge in [0.15, 0.2) is 0 Å². The molecule has 146 valence electrons. The highest BCUT2D eigenvalue weighted by molar-refractivity contribution is 7.20. The first-order valence-electron chi connectivity index (χ1n) is 8.34. The molecule has 0 aliphatic carbocycles. The standard InChI is InChI=1S/C17H23N3O2S2.2ClH/c18-6-2-9-22-14-4-7-20(8-5-14)16(21)11-13-12-24-17(19-13)15-3-1-10-23-15;;/h1,3,10,12,14H,2,4-9,11,18H2;2*1H. The fourth-order valence-electron chi connectivity index (χ4n) is 2.77. The number of amides is 1. The fraction of sp³-hybridized carbons (Fsp3) is 0.529. The van der Waals surface area contributed by atoms with Crippen molar-refractivity contribution < 1.29 is 9.53 Å². The average Bonchev–Trinajstić information content (AvgIpc) is 3.27. The van der Waals surface area contributed by atoms with Gasteiger partial charge in [-0.2, -0.15) is 0 Å². The summed E-state index contributed by atoms with van der Waals surface area (Å²) in [5, 5.41) is 5.04. The molecule has 1 aliphatic heterocycles. The van der Waals surface area contributed by atoms with Crippen molar-refractivity contribution in [2.75, 3.05) is 26.2 Å². The molecule has 26 heavy (non-hydrogen) atoms. The number of hydrogen-bond acceptors (Lipinski definition) is 6. The van der Waals surface area contributed by atoms with Crippen LogP contribution in [0.1, 0.15) is 25.0 Å². The van der Waals surface area contributed by atoms with Gasteiger partial charge in [-0.15, -0.1) is 47.5 Å². The second-order valence-electron chi connectivity index (χ2n) is 5.89. The predicted octanol–water partition coefficient (Wildman–Crippen LogP) is 3.61. The van der Waals surface area contributed by atoms with Crippen LogP contribution in [0.15, 0.2) is 22.9 Å². The molecule has 1 fully saturated rings. The molecule has 1 saturated heterocycles. The Morgan fingerprint density at radius 2 is 2.08 bits per heavy atom. The van der Waals surface area contributed by atoms with E-state index < -0.39 is 0 Å². The molecule has 3 heterocycles. The molecule has 3 rings (SSSR count). The van der Waals surface area contributed by atoms with E-state index in [1.807, 2.05) is 21.7 Å². The minimum absolute atomic E-state index is 0. The molecular formula is C17H25Cl2N3O2S2. The van der Waals surface area contributed by atoms with Crippen LogP contribution in [0.4, 0.5) is 0 Å². The largest absolute Gasteiger partial charge is 0.378 e. The second-order valence-corrected chi connectivity index (χ2v) is 7.70. The Balaban J connectivity index is 0.00000169. The Morgan fingerprint density at radius 3 is 2.73 bits per heavy atom. The van der Waals surface area contributed by atoms with E-state index in [1.54, 1.807) is 22.7 Å². The summed E-state index contributed by atoms with van der Waals surface area (Å²) in [4.78, 5) is 20.2. The van der Waals surface area contributed by atoms with Gasteiger partial charge in [-0.05, 0) is 37.3 Å². The number of nitrogens with zero attached hydrogens (tertiary/aromatic N) is 2. The van der Waals surface area contributed by atoms with Crippen molar-refractivity contribution in [2.24, 2.45) is 5.73 Å². The Bertz CT molecular complexity index is 644. The molecule has 9 heteroatoms. The van der Waals surface area contributed by atoms with Crippen molar-refractivity contribution in [2.45, 2.75) is 31.8 Å². The lowest BCUT2D eigenvalue weighted by Gasteiger charge is -2.32. The first-order valence-corrected chi connectivity index (χ1v) is 10.1. The third kappa shape index (κ3) is 6.48. The quantitative estimate of drug-likeness (QED) is 0.671. The molecule has 1 amide bonds. The highest BCUT2D eigenvalue weighted by Crippen LogP contribution is 2.28. The summed E-state index contributed by atoms with van der Waals surface area (Å²) in [5.74, 6) is 0.165. The van der Waals surface area contributed by atoms with Crippen LogP contribution in [0.5, 0.6) is 0 Å². The second kappa shape index (κ2) is 11.9. The van der Waals surface area contributed by atoms with Gasteiger partial charge in [0.2, 0.25) is 5.91 Å². The number of halogens is 2. The Morgan fingerprint density at radius 1 is 1.31 bits per heavy atom. The maximum absolute atomic E-state index is 12.5. The normalized spacial score (nSPS) is 14.6. The van der Waals surface area contributed by atoms with E-state index in [2.05, 4.69) is 11.1 Å². The van der Waals surface area contributed by atoms with Gasteiger partial charge in [0, 0.05) is 25.1 Å². The van der Waals surface area contributed by atoms with Gasteiger partial charge in [0.25, 0.3) is 0 Å². The molecule has 2 aromatic rings. The number of aromatic nitrogens is 1. The maximum Gasteiger partial charge on any atom is 0.228 e. The van der Waals surface area contributed by atoms with Crippen LogP contribution < -0.4 is 5.73 Å². The number of likely N-dealkylation sites (tertiary alicyclic amines) is 1. The van der Waals surface area contributed by atoms with Crippen LogP contribution in [0, 0.1) is 0 Å². The summed E-state index contributed by atoms with van der Waals surface area (Å²) < 4.78 is 5.79. The molecule has 0 aromatic carbocycles. The summed E-state index contributed by atoms with van der Waals surface area (Å²) in [6.07, 6.45) is 3.38. The molecule has 2 N–H and O–H groups in total. The van der Waals surface area contributed by atoms with Gasteiger partial charge < -0.3 is 15.4 Å². The zero-order valence-corrected chi connectivity index (χ0v) is 17.7. The molecule has 0 saturated carbocycles. The molecular weight excluding hydrogens is 413 g/mol. The molecule has 0 radical (unpaired) electrons. The van der Waals surface area contributed by atoms with Crippen molar-refractivity contribution >= 4 is 53.4 Å². The van der Waals surface area contributed by atoms with E-state index in [-0.39, 0.29) is 36.8 Å². The first-order chi connectivity index (χ1) is 11.8. The Labute approximate surface area is 174 Å². The van der Waals surface area contributed by atoms with Crippen LogP contribution in [0.3, 0.4) is 0 Å². The SMILES string of the molecule is Cl.Cl.NCCCOC1CCN(C(=O)Cc2csc(-c3cccs3)n2)CC1. The molecule has 0 atom stereocenters. The maximum atomic E-state index is 12.5. The summed E-state index contributed by atoms with van der Waals surface area (Å²) in [6.45, 7) is 2.93. The average molecular weight is 438 g/mol. The van der Waals surface area contributed by atoms with Crippen molar-refractivity contribution in [3.8, 4) is 9.88 Å². The monoisotopic (exact) mass is 437 g/mol. The number of nitrogens with two attached hydrogens (primary N) is 1. The Kier molecular flexibility index (Phi) is 10.7. The van der Waals surface area contributed by atoms with E-state index in [1.165, 1.54) is 0 Å². The van der Waals surface area contributed by atoms with Crippen LogP contribution in [0.25, 0.3) is 9.88 Å². The van der Waals surface area contributed by atoms with E-state index >= 15 is 0 Å². The number of thiophene rings is 1. The third-order valence-electron chi connectivity index (χ3n) is 4.11. The zero-order chi connectivity index (χ0) is 16.8. The van der Waals surface area contributed by atoms with Gasteiger partial charge in [0.1, 0.15) is 5.01 Å². The van der Waals surface area contributed by atoms with E-state index in [0.717, 1.165) is 54.5 Å². The van der Waals surface area contributed by atoms with E-state index in [4.69, 9.17) is 10.5 Å². The van der Waals surface area contributed by atoms with Crippen LogP contribution >= 0.6 is 47.5 Å². The molecule has 0 bridgehead atoms. The number of thiazole rings is 1. The van der Waals surface area contributed by atoms with Crippen molar-refractivity contribution in [1.29, 1.82) is 0 Å². The van der Waals surface area contributed by atoms with Gasteiger partial charge in [-0.3, -0.25) is 4.79 Å². The van der Waals surface area contributed by atoms with Gasteiger partial charge in [-0.1, -0.05) is 6.07 Å². The van der Waals surface area contributed by atoms with Gasteiger partial charge in [-0.25, -0.2) is 4.98 Å².